The quantitative estimate of drug-likeness (QED) is 0.302. The number of ether oxygens (including phenoxy) is 1. The molecule has 10 heteroatoms. The second-order valence-corrected chi connectivity index (χ2v) is 13.3. The van der Waals surface area contributed by atoms with E-state index in [2.05, 4.69) is 49.8 Å². The molecule has 1 atom stereocenters. The summed E-state index contributed by atoms with van der Waals surface area (Å²) < 4.78 is 23.9. The van der Waals surface area contributed by atoms with E-state index in [1.54, 1.807) is 12.1 Å². The van der Waals surface area contributed by atoms with Gasteiger partial charge in [0.05, 0.1) is 22.8 Å². The number of anilines is 1. The predicted octanol–water partition coefficient (Wildman–Crippen LogP) is 4.82. The molecule has 1 aromatic carbocycles. The van der Waals surface area contributed by atoms with E-state index < -0.39 is 0 Å². The van der Waals surface area contributed by atoms with E-state index in [4.69, 9.17) is 20.4 Å². The minimum Gasteiger partial charge on any atom is -0.401 e. The van der Waals surface area contributed by atoms with Crippen molar-refractivity contribution in [2.45, 2.75) is 44.7 Å². The molecular formula is C36H47FN8O. The van der Waals surface area contributed by atoms with Gasteiger partial charge in [0.25, 0.3) is 0 Å². The van der Waals surface area contributed by atoms with Crippen LogP contribution in [-0.4, -0.2) is 97.0 Å². The minimum absolute atomic E-state index is 0.173. The number of aromatic nitrogens is 3. The fourth-order valence-electron chi connectivity index (χ4n) is 7.96. The Hall–Kier alpha value is -3.73. The molecule has 0 radical (unpaired) electrons. The maximum absolute atomic E-state index is 15.8. The molecule has 0 aliphatic carbocycles. The fraction of sp³-hybridized carbons (Fsp3) is 0.500. The molecule has 6 heterocycles. The highest BCUT2D eigenvalue weighted by molar-refractivity contribution is 6.05. The van der Waals surface area contributed by atoms with Gasteiger partial charge in [-0.3, -0.25) is 9.88 Å². The molecule has 0 bridgehead atoms. The van der Waals surface area contributed by atoms with Gasteiger partial charge in [0, 0.05) is 80.9 Å². The lowest BCUT2D eigenvalue weighted by Gasteiger charge is -2.42. The van der Waals surface area contributed by atoms with Crippen LogP contribution in [0.2, 0.25) is 0 Å². The fourth-order valence-corrected chi connectivity index (χ4v) is 7.96. The maximum atomic E-state index is 15.8. The van der Waals surface area contributed by atoms with Crippen LogP contribution in [0.5, 0.6) is 0 Å². The number of hydrogen-bond acceptors (Lipinski definition) is 8. The zero-order valence-corrected chi connectivity index (χ0v) is 27.4. The van der Waals surface area contributed by atoms with Crippen LogP contribution in [0, 0.1) is 11.7 Å². The van der Waals surface area contributed by atoms with E-state index in [0.29, 0.717) is 30.5 Å². The summed E-state index contributed by atoms with van der Waals surface area (Å²) in [6, 6.07) is 14.0. The summed E-state index contributed by atoms with van der Waals surface area (Å²) in [6.07, 6.45) is 6.04. The standard InChI is InChI=1S/C36H47FN8O/c1-24(38)33(39-2)26-22-31-34(40-23-26)29-8-9-32(44-18-16-43(17-19-44)27-10-14-42(3)15-11-27)41-36(29)45(31)35(25-12-20-46-21-13-25)28-6-4-5-7-30(28)37/h4-9,22-23,25,27,35,39H,10-21,38H2,1-3H3/b33-24-/t35-/m0/s1. The molecule has 7 rings (SSSR count). The van der Waals surface area contributed by atoms with E-state index in [-0.39, 0.29) is 17.8 Å². The Morgan fingerprint density at radius 1 is 1.00 bits per heavy atom. The smallest absolute Gasteiger partial charge is 0.145 e. The van der Waals surface area contributed by atoms with Crippen LogP contribution in [0.3, 0.4) is 0 Å². The maximum Gasteiger partial charge on any atom is 0.145 e. The first kappa shape index (κ1) is 30.9. The highest BCUT2D eigenvalue weighted by atomic mass is 19.1. The van der Waals surface area contributed by atoms with Crippen molar-refractivity contribution >= 4 is 33.6 Å². The van der Waals surface area contributed by atoms with Crippen LogP contribution in [0.4, 0.5) is 10.2 Å². The van der Waals surface area contributed by atoms with Crippen LogP contribution in [0.1, 0.15) is 49.8 Å². The second-order valence-electron chi connectivity index (χ2n) is 13.3. The molecule has 0 spiro atoms. The van der Waals surface area contributed by atoms with E-state index >= 15 is 4.39 Å². The van der Waals surface area contributed by atoms with Crippen LogP contribution >= 0.6 is 0 Å². The van der Waals surface area contributed by atoms with Gasteiger partial charge in [0.15, 0.2) is 0 Å². The third kappa shape index (κ3) is 5.82. The first-order valence-corrected chi connectivity index (χ1v) is 16.9. The highest BCUT2D eigenvalue weighted by Gasteiger charge is 2.33. The highest BCUT2D eigenvalue weighted by Crippen LogP contribution is 2.41. The van der Waals surface area contributed by atoms with Gasteiger partial charge in [0.2, 0.25) is 0 Å². The third-order valence-corrected chi connectivity index (χ3v) is 10.5. The Bertz CT molecular complexity index is 1710. The number of nitrogens with one attached hydrogen (secondary N) is 1. The molecule has 3 fully saturated rings. The molecule has 0 unspecified atom stereocenters. The number of pyridine rings is 2. The lowest BCUT2D eigenvalue weighted by molar-refractivity contribution is 0.0548. The molecule has 3 aliphatic heterocycles. The molecule has 0 saturated carbocycles. The van der Waals surface area contributed by atoms with Crippen molar-refractivity contribution in [3.05, 3.63) is 71.3 Å². The summed E-state index contributed by atoms with van der Waals surface area (Å²) in [6.45, 7) is 9.53. The third-order valence-electron chi connectivity index (χ3n) is 10.5. The lowest BCUT2D eigenvalue weighted by atomic mass is 9.86. The van der Waals surface area contributed by atoms with Crippen LogP contribution in [0.25, 0.3) is 27.8 Å². The number of piperazine rings is 1. The summed E-state index contributed by atoms with van der Waals surface area (Å²) in [5.41, 5.74) is 12.0. The van der Waals surface area contributed by atoms with E-state index in [9.17, 15) is 0 Å². The van der Waals surface area contributed by atoms with Crippen molar-refractivity contribution in [1.29, 1.82) is 0 Å². The topological polar surface area (TPSA) is 87.7 Å². The first-order valence-electron chi connectivity index (χ1n) is 16.9. The molecule has 3 aliphatic rings. The number of nitrogens with zero attached hydrogens (tertiary/aromatic N) is 6. The SMILES string of the molecule is CN/C(=C(/C)N)c1cnc2c3ccc(N4CCN(C5CCN(C)CC5)CC4)nc3n([C@H](c3ccccc3F)C3CCOCC3)c2c1. The van der Waals surface area contributed by atoms with Gasteiger partial charge in [-0.15, -0.1) is 0 Å². The largest absolute Gasteiger partial charge is 0.401 e. The van der Waals surface area contributed by atoms with Crippen LogP contribution in [0.15, 0.2) is 54.4 Å². The number of piperidine rings is 1. The lowest BCUT2D eigenvalue weighted by Crippen LogP contribution is -2.53. The minimum atomic E-state index is -0.271. The Balaban J connectivity index is 1.35. The Morgan fingerprint density at radius 2 is 1.74 bits per heavy atom. The first-order chi connectivity index (χ1) is 22.4. The summed E-state index contributed by atoms with van der Waals surface area (Å²) in [4.78, 5) is 17.9. The summed E-state index contributed by atoms with van der Waals surface area (Å²) >= 11 is 0. The van der Waals surface area contributed by atoms with Crippen LogP contribution < -0.4 is 16.0 Å². The number of halogens is 1. The molecule has 3 N–H and O–H groups in total. The van der Waals surface area contributed by atoms with Crippen molar-refractivity contribution in [2.75, 3.05) is 71.5 Å². The normalized spacial score (nSPS) is 20.7. The summed E-state index contributed by atoms with van der Waals surface area (Å²) in [7, 11) is 4.09. The summed E-state index contributed by atoms with van der Waals surface area (Å²) in [5.74, 6) is 0.938. The van der Waals surface area contributed by atoms with E-state index in [1.165, 1.54) is 25.9 Å². The number of fused-ring (bicyclic) bond motifs is 3. The van der Waals surface area contributed by atoms with Crippen LogP contribution in [-0.2, 0) is 4.74 Å². The Morgan fingerprint density at radius 3 is 2.43 bits per heavy atom. The van der Waals surface area contributed by atoms with Gasteiger partial charge in [-0.1, -0.05) is 18.2 Å². The molecule has 244 valence electrons. The second kappa shape index (κ2) is 13.2. The van der Waals surface area contributed by atoms with Gasteiger partial charge in [-0.25, -0.2) is 9.37 Å². The van der Waals surface area contributed by atoms with Gasteiger partial charge >= 0.3 is 0 Å². The van der Waals surface area contributed by atoms with Crippen molar-refractivity contribution in [3.8, 4) is 0 Å². The Labute approximate surface area is 271 Å². The van der Waals surface area contributed by atoms with Gasteiger partial charge < -0.3 is 30.2 Å². The van der Waals surface area contributed by atoms with E-state index in [1.807, 2.05) is 32.3 Å². The van der Waals surface area contributed by atoms with Crippen molar-refractivity contribution in [3.63, 3.8) is 0 Å². The molecule has 9 nitrogen and oxygen atoms in total. The number of nitrogens with two attached hydrogens (primary N) is 1. The molecule has 0 amide bonds. The zero-order chi connectivity index (χ0) is 31.8. The predicted molar refractivity (Wildman–Crippen MR) is 183 cm³/mol. The van der Waals surface area contributed by atoms with E-state index in [0.717, 1.165) is 78.2 Å². The Kier molecular flexibility index (Phi) is 8.85. The van der Waals surface area contributed by atoms with Gasteiger partial charge in [0.1, 0.15) is 17.3 Å². The number of allylic oxidation sites excluding steroid dienone is 1. The number of likely N-dealkylation sites (tertiary alicyclic amines) is 1. The molecular weight excluding hydrogens is 579 g/mol. The van der Waals surface area contributed by atoms with Crippen molar-refractivity contribution in [1.82, 2.24) is 29.7 Å². The molecule has 46 heavy (non-hydrogen) atoms. The average molecular weight is 627 g/mol. The number of hydrogen-bond donors (Lipinski definition) is 2. The molecule has 4 aromatic rings. The van der Waals surface area contributed by atoms with Gasteiger partial charge in [-0.05, 0) is 82.9 Å². The average Bonchev–Trinajstić information content (AvgIpc) is 3.39. The molecule has 3 saturated heterocycles. The number of rotatable bonds is 7. The van der Waals surface area contributed by atoms with Crippen molar-refractivity contribution < 1.29 is 9.13 Å². The molecule has 3 aromatic heterocycles. The summed E-state index contributed by atoms with van der Waals surface area (Å²) in [5, 5.41) is 4.23. The number of benzene rings is 1. The zero-order valence-electron chi connectivity index (χ0n) is 27.4. The van der Waals surface area contributed by atoms with Gasteiger partial charge in [-0.2, -0.15) is 0 Å². The van der Waals surface area contributed by atoms with Crippen molar-refractivity contribution in [2.24, 2.45) is 11.7 Å². The monoisotopic (exact) mass is 626 g/mol.